The quantitative estimate of drug-likeness (QED) is 0.889. The van der Waals surface area contributed by atoms with Gasteiger partial charge in [-0.25, -0.2) is 0 Å². The molecular weight excluding hydrogens is 257 g/mol. The second-order valence-electron chi connectivity index (χ2n) is 5.23. The van der Waals surface area contributed by atoms with Crippen molar-refractivity contribution in [1.82, 2.24) is 5.32 Å². The molecule has 0 fully saturated rings. The molecule has 0 aliphatic heterocycles. The van der Waals surface area contributed by atoms with E-state index in [1.54, 1.807) is 0 Å². The molecule has 1 rings (SSSR count). The van der Waals surface area contributed by atoms with Crippen LogP contribution in [0.15, 0.2) is 24.3 Å². The minimum atomic E-state index is -4.36. The molecule has 106 valence electrons. The minimum Gasteiger partial charge on any atom is -0.325 e. The summed E-state index contributed by atoms with van der Waals surface area (Å²) in [5.41, 5.74) is -0.593. The molecule has 0 heterocycles. The van der Waals surface area contributed by atoms with Crippen molar-refractivity contribution in [3.05, 3.63) is 29.8 Å². The molecule has 3 nitrogen and oxygen atoms in total. The molecule has 0 saturated carbocycles. The number of benzene rings is 1. The lowest BCUT2D eigenvalue weighted by molar-refractivity contribution is -0.137. The van der Waals surface area contributed by atoms with E-state index in [-0.39, 0.29) is 18.0 Å². The van der Waals surface area contributed by atoms with E-state index in [1.807, 2.05) is 20.8 Å². The van der Waals surface area contributed by atoms with Gasteiger partial charge in [0.05, 0.1) is 12.1 Å². The van der Waals surface area contributed by atoms with Crippen LogP contribution in [-0.2, 0) is 11.0 Å². The van der Waals surface area contributed by atoms with Crippen LogP contribution in [0.25, 0.3) is 0 Å². The Morgan fingerprint density at radius 2 is 1.63 bits per heavy atom. The van der Waals surface area contributed by atoms with Gasteiger partial charge in [-0.15, -0.1) is 0 Å². The SMILES string of the molecule is CC(C)(C)NCC(=O)Nc1ccc(C(F)(F)F)cc1. The maximum absolute atomic E-state index is 12.3. The first-order valence-corrected chi connectivity index (χ1v) is 5.80. The number of nitrogens with one attached hydrogen (secondary N) is 2. The summed E-state index contributed by atoms with van der Waals surface area (Å²) in [6.45, 7) is 5.85. The number of rotatable bonds is 3. The summed E-state index contributed by atoms with van der Waals surface area (Å²) in [6, 6.07) is 4.34. The van der Waals surface area contributed by atoms with Crippen LogP contribution in [-0.4, -0.2) is 18.0 Å². The first-order valence-electron chi connectivity index (χ1n) is 5.80. The molecule has 0 atom stereocenters. The molecule has 1 aromatic carbocycles. The monoisotopic (exact) mass is 274 g/mol. The van der Waals surface area contributed by atoms with Crippen molar-refractivity contribution >= 4 is 11.6 Å². The van der Waals surface area contributed by atoms with Crippen molar-refractivity contribution in [2.45, 2.75) is 32.5 Å². The van der Waals surface area contributed by atoms with E-state index in [1.165, 1.54) is 12.1 Å². The van der Waals surface area contributed by atoms with Crippen molar-refractivity contribution in [1.29, 1.82) is 0 Å². The van der Waals surface area contributed by atoms with Gasteiger partial charge >= 0.3 is 6.18 Å². The van der Waals surface area contributed by atoms with Gasteiger partial charge in [-0.3, -0.25) is 4.79 Å². The van der Waals surface area contributed by atoms with E-state index in [0.29, 0.717) is 5.69 Å². The molecule has 0 spiro atoms. The number of anilines is 1. The lowest BCUT2D eigenvalue weighted by Crippen LogP contribution is -2.41. The zero-order chi connectivity index (χ0) is 14.7. The van der Waals surface area contributed by atoms with Crippen LogP contribution in [0, 0.1) is 0 Å². The summed E-state index contributed by atoms with van der Waals surface area (Å²) < 4.78 is 37.0. The first-order chi connectivity index (χ1) is 8.58. The second-order valence-corrected chi connectivity index (χ2v) is 5.23. The van der Waals surface area contributed by atoms with Crippen LogP contribution in [0.4, 0.5) is 18.9 Å². The highest BCUT2D eigenvalue weighted by atomic mass is 19.4. The highest BCUT2D eigenvalue weighted by Crippen LogP contribution is 2.29. The maximum atomic E-state index is 12.3. The third-order valence-electron chi connectivity index (χ3n) is 2.28. The van der Waals surface area contributed by atoms with Gasteiger partial charge < -0.3 is 10.6 Å². The van der Waals surface area contributed by atoms with Gasteiger partial charge in [0.15, 0.2) is 0 Å². The van der Waals surface area contributed by atoms with Crippen LogP contribution in [0.3, 0.4) is 0 Å². The third-order valence-corrected chi connectivity index (χ3v) is 2.28. The fraction of sp³-hybridized carbons (Fsp3) is 0.462. The summed E-state index contributed by atoms with van der Waals surface area (Å²) in [7, 11) is 0. The average molecular weight is 274 g/mol. The summed E-state index contributed by atoms with van der Waals surface area (Å²) in [5, 5.41) is 5.51. The average Bonchev–Trinajstić information content (AvgIpc) is 2.25. The van der Waals surface area contributed by atoms with Crippen LogP contribution < -0.4 is 10.6 Å². The Morgan fingerprint density at radius 1 is 1.11 bits per heavy atom. The second kappa shape index (κ2) is 5.61. The molecule has 0 aliphatic rings. The van der Waals surface area contributed by atoms with Crippen molar-refractivity contribution < 1.29 is 18.0 Å². The first kappa shape index (κ1) is 15.5. The van der Waals surface area contributed by atoms with Crippen molar-refractivity contribution in [3.63, 3.8) is 0 Å². The van der Waals surface area contributed by atoms with E-state index in [4.69, 9.17) is 0 Å². The van der Waals surface area contributed by atoms with Crippen molar-refractivity contribution in [2.75, 3.05) is 11.9 Å². The van der Waals surface area contributed by atoms with Crippen molar-refractivity contribution in [2.24, 2.45) is 0 Å². The Balaban J connectivity index is 2.56. The number of carbonyl (C=O) groups excluding carboxylic acids is 1. The van der Waals surface area contributed by atoms with E-state index in [0.717, 1.165) is 12.1 Å². The van der Waals surface area contributed by atoms with Crippen LogP contribution >= 0.6 is 0 Å². The normalized spacial score (nSPS) is 12.3. The third kappa shape index (κ3) is 5.74. The van der Waals surface area contributed by atoms with Gasteiger partial charge in [-0.05, 0) is 45.0 Å². The predicted octanol–water partition coefficient (Wildman–Crippen LogP) is 3.03. The smallest absolute Gasteiger partial charge is 0.325 e. The Bertz CT molecular complexity index is 433. The standard InChI is InChI=1S/C13H17F3N2O/c1-12(2,3)17-8-11(19)18-10-6-4-9(5-7-10)13(14,15)16/h4-7,17H,8H2,1-3H3,(H,18,19). The van der Waals surface area contributed by atoms with Gasteiger partial charge in [0, 0.05) is 11.2 Å². The van der Waals surface area contributed by atoms with Gasteiger partial charge in [-0.1, -0.05) is 0 Å². The summed E-state index contributed by atoms with van der Waals surface area (Å²) >= 11 is 0. The molecule has 2 N–H and O–H groups in total. The number of hydrogen-bond donors (Lipinski definition) is 2. The van der Waals surface area contributed by atoms with E-state index >= 15 is 0 Å². The molecule has 0 bridgehead atoms. The highest BCUT2D eigenvalue weighted by molar-refractivity contribution is 5.92. The zero-order valence-corrected chi connectivity index (χ0v) is 11.1. The number of alkyl halides is 3. The largest absolute Gasteiger partial charge is 0.416 e. The Kier molecular flexibility index (Phi) is 4.57. The van der Waals surface area contributed by atoms with Gasteiger partial charge in [0.25, 0.3) is 0 Å². The molecule has 6 heteroatoms. The van der Waals surface area contributed by atoms with Crippen LogP contribution in [0.2, 0.25) is 0 Å². The van der Waals surface area contributed by atoms with Crippen molar-refractivity contribution in [3.8, 4) is 0 Å². The van der Waals surface area contributed by atoms with Crippen LogP contribution in [0.5, 0.6) is 0 Å². The van der Waals surface area contributed by atoms with Gasteiger partial charge in [0.2, 0.25) is 5.91 Å². The molecule has 0 aliphatic carbocycles. The van der Waals surface area contributed by atoms with E-state index in [9.17, 15) is 18.0 Å². The molecule has 0 unspecified atom stereocenters. The van der Waals surface area contributed by atoms with E-state index in [2.05, 4.69) is 10.6 Å². The summed E-state index contributed by atoms with van der Waals surface area (Å²) in [6.07, 6.45) is -4.36. The number of amides is 1. The molecule has 19 heavy (non-hydrogen) atoms. The van der Waals surface area contributed by atoms with Crippen LogP contribution in [0.1, 0.15) is 26.3 Å². The Morgan fingerprint density at radius 3 is 2.05 bits per heavy atom. The Hall–Kier alpha value is -1.56. The lowest BCUT2D eigenvalue weighted by Gasteiger charge is -2.20. The zero-order valence-electron chi connectivity index (χ0n) is 11.1. The minimum absolute atomic E-state index is 0.102. The number of halogens is 3. The Labute approximate surface area is 110 Å². The summed E-state index contributed by atoms with van der Waals surface area (Å²) in [5.74, 6) is -0.297. The van der Waals surface area contributed by atoms with Gasteiger partial charge in [0.1, 0.15) is 0 Å². The molecular formula is C13H17F3N2O. The molecule has 0 aromatic heterocycles. The van der Waals surface area contributed by atoms with E-state index < -0.39 is 11.7 Å². The lowest BCUT2D eigenvalue weighted by atomic mass is 10.1. The fourth-order valence-electron chi connectivity index (χ4n) is 1.29. The number of carbonyl (C=O) groups is 1. The molecule has 0 radical (unpaired) electrons. The summed E-state index contributed by atoms with van der Waals surface area (Å²) in [4.78, 5) is 11.5. The predicted molar refractivity (Wildman–Crippen MR) is 67.8 cm³/mol. The molecule has 1 amide bonds. The molecule has 0 saturated heterocycles. The maximum Gasteiger partial charge on any atom is 0.416 e. The fourth-order valence-corrected chi connectivity index (χ4v) is 1.29. The molecule has 1 aromatic rings. The topological polar surface area (TPSA) is 41.1 Å². The number of hydrogen-bond acceptors (Lipinski definition) is 2. The van der Waals surface area contributed by atoms with Gasteiger partial charge in [-0.2, -0.15) is 13.2 Å². The highest BCUT2D eigenvalue weighted by Gasteiger charge is 2.29.